The lowest BCUT2D eigenvalue weighted by molar-refractivity contribution is 0.224. The molecule has 1 unspecified atom stereocenters. The molecule has 3 nitrogen and oxygen atoms in total. The molecule has 100 valence electrons. The van der Waals surface area contributed by atoms with Crippen LogP contribution in [0.5, 0.6) is 5.75 Å². The minimum atomic E-state index is -0.00676. The van der Waals surface area contributed by atoms with Gasteiger partial charge in [0.1, 0.15) is 11.9 Å². The van der Waals surface area contributed by atoms with Gasteiger partial charge in [-0.1, -0.05) is 30.3 Å². The standard InChI is InChI=1S/C16H20N2O/c1-11-9-16(15(10-17)12(2)18-11)19-13(3)14-7-5-4-6-8-14/h4-9,13H,10,17H2,1-3H3. The minimum absolute atomic E-state index is 0.00676. The lowest BCUT2D eigenvalue weighted by Gasteiger charge is -2.19. The summed E-state index contributed by atoms with van der Waals surface area (Å²) in [6.07, 6.45) is -0.00676. The second kappa shape index (κ2) is 5.85. The lowest BCUT2D eigenvalue weighted by atomic mass is 10.1. The second-order valence-corrected chi connectivity index (χ2v) is 4.70. The van der Waals surface area contributed by atoms with E-state index in [1.807, 2.05) is 45.0 Å². The van der Waals surface area contributed by atoms with Crippen molar-refractivity contribution in [3.63, 3.8) is 0 Å². The van der Waals surface area contributed by atoms with Crippen LogP contribution in [0.4, 0.5) is 0 Å². The minimum Gasteiger partial charge on any atom is -0.486 e. The number of aryl methyl sites for hydroxylation is 2. The summed E-state index contributed by atoms with van der Waals surface area (Å²) in [5.74, 6) is 0.837. The number of pyridine rings is 1. The molecule has 0 bridgehead atoms. The van der Waals surface area contributed by atoms with Gasteiger partial charge in [-0.25, -0.2) is 0 Å². The highest BCUT2D eigenvalue weighted by Gasteiger charge is 2.12. The molecule has 1 heterocycles. The Hall–Kier alpha value is -1.87. The molecule has 2 N–H and O–H groups in total. The van der Waals surface area contributed by atoms with Crippen LogP contribution in [0.3, 0.4) is 0 Å². The molecule has 3 heteroatoms. The highest BCUT2D eigenvalue weighted by Crippen LogP contribution is 2.27. The number of hydrogen-bond acceptors (Lipinski definition) is 3. The third-order valence-electron chi connectivity index (χ3n) is 3.20. The highest BCUT2D eigenvalue weighted by atomic mass is 16.5. The normalized spacial score (nSPS) is 12.2. The van der Waals surface area contributed by atoms with Crippen LogP contribution in [0.2, 0.25) is 0 Å². The Balaban J connectivity index is 2.28. The van der Waals surface area contributed by atoms with Crippen molar-refractivity contribution in [1.29, 1.82) is 0 Å². The molecule has 0 spiro atoms. The molecule has 0 radical (unpaired) electrons. The van der Waals surface area contributed by atoms with Crippen LogP contribution < -0.4 is 10.5 Å². The van der Waals surface area contributed by atoms with Crippen LogP contribution in [0, 0.1) is 13.8 Å². The van der Waals surface area contributed by atoms with Crippen LogP contribution in [0.25, 0.3) is 0 Å². The number of ether oxygens (including phenoxy) is 1. The first kappa shape index (κ1) is 13.6. The zero-order chi connectivity index (χ0) is 13.8. The molecular formula is C16H20N2O. The summed E-state index contributed by atoms with van der Waals surface area (Å²) >= 11 is 0. The first-order chi connectivity index (χ1) is 9.11. The van der Waals surface area contributed by atoms with E-state index >= 15 is 0 Å². The van der Waals surface area contributed by atoms with E-state index in [4.69, 9.17) is 10.5 Å². The maximum Gasteiger partial charge on any atom is 0.128 e. The second-order valence-electron chi connectivity index (χ2n) is 4.70. The zero-order valence-corrected chi connectivity index (χ0v) is 11.7. The molecule has 2 rings (SSSR count). The molecule has 1 aromatic heterocycles. The molecule has 0 saturated heterocycles. The fraction of sp³-hybridized carbons (Fsp3) is 0.312. The quantitative estimate of drug-likeness (QED) is 0.913. The molecule has 19 heavy (non-hydrogen) atoms. The van der Waals surface area contributed by atoms with Gasteiger partial charge in [0, 0.05) is 29.6 Å². The van der Waals surface area contributed by atoms with E-state index in [1.165, 1.54) is 0 Å². The molecule has 0 amide bonds. The molecule has 0 aliphatic heterocycles. The van der Waals surface area contributed by atoms with Crippen molar-refractivity contribution in [2.24, 2.45) is 5.73 Å². The Morgan fingerprint density at radius 1 is 1.21 bits per heavy atom. The van der Waals surface area contributed by atoms with Crippen LogP contribution in [0.1, 0.15) is 35.5 Å². The Labute approximate surface area is 114 Å². The van der Waals surface area contributed by atoms with Gasteiger partial charge in [0.25, 0.3) is 0 Å². The Kier molecular flexibility index (Phi) is 4.17. The summed E-state index contributed by atoms with van der Waals surface area (Å²) in [6.45, 7) is 6.42. The molecule has 0 fully saturated rings. The summed E-state index contributed by atoms with van der Waals surface area (Å²) in [4.78, 5) is 4.43. The van der Waals surface area contributed by atoms with Crippen molar-refractivity contribution in [1.82, 2.24) is 4.98 Å². The smallest absolute Gasteiger partial charge is 0.128 e. The number of hydrogen-bond donors (Lipinski definition) is 1. The maximum absolute atomic E-state index is 6.06. The fourth-order valence-corrected chi connectivity index (χ4v) is 2.16. The molecule has 0 aliphatic carbocycles. The summed E-state index contributed by atoms with van der Waals surface area (Å²) in [7, 11) is 0. The number of benzene rings is 1. The number of aromatic nitrogens is 1. The van der Waals surface area contributed by atoms with Gasteiger partial charge in [0.05, 0.1) is 0 Å². The van der Waals surface area contributed by atoms with E-state index in [0.717, 1.165) is 28.3 Å². The van der Waals surface area contributed by atoms with Crippen molar-refractivity contribution in [2.45, 2.75) is 33.4 Å². The van der Waals surface area contributed by atoms with E-state index in [0.29, 0.717) is 6.54 Å². The maximum atomic E-state index is 6.06. The number of rotatable bonds is 4. The average molecular weight is 256 g/mol. The molecular weight excluding hydrogens is 236 g/mol. The molecule has 0 aliphatic rings. The number of nitrogens with two attached hydrogens (primary N) is 1. The summed E-state index contributed by atoms with van der Waals surface area (Å²) in [5.41, 5.74) is 9.82. The Bertz CT molecular complexity index is 552. The zero-order valence-electron chi connectivity index (χ0n) is 11.7. The van der Waals surface area contributed by atoms with Crippen LogP contribution in [-0.4, -0.2) is 4.98 Å². The van der Waals surface area contributed by atoms with Gasteiger partial charge in [-0.2, -0.15) is 0 Å². The monoisotopic (exact) mass is 256 g/mol. The fourth-order valence-electron chi connectivity index (χ4n) is 2.16. The van der Waals surface area contributed by atoms with E-state index in [1.54, 1.807) is 0 Å². The van der Waals surface area contributed by atoms with Gasteiger partial charge in [0.15, 0.2) is 0 Å². The largest absolute Gasteiger partial charge is 0.486 e. The van der Waals surface area contributed by atoms with Gasteiger partial charge in [0.2, 0.25) is 0 Å². The first-order valence-electron chi connectivity index (χ1n) is 6.50. The van der Waals surface area contributed by atoms with Crippen LogP contribution in [0.15, 0.2) is 36.4 Å². The van der Waals surface area contributed by atoms with E-state index in [9.17, 15) is 0 Å². The van der Waals surface area contributed by atoms with Crippen LogP contribution in [-0.2, 0) is 6.54 Å². The van der Waals surface area contributed by atoms with Gasteiger partial charge < -0.3 is 10.5 Å². The average Bonchev–Trinajstić information content (AvgIpc) is 2.39. The predicted molar refractivity (Wildman–Crippen MR) is 77.1 cm³/mol. The van der Waals surface area contributed by atoms with Crippen molar-refractivity contribution in [3.8, 4) is 5.75 Å². The Morgan fingerprint density at radius 2 is 1.89 bits per heavy atom. The van der Waals surface area contributed by atoms with E-state index in [-0.39, 0.29) is 6.10 Å². The van der Waals surface area contributed by atoms with Gasteiger partial charge in [-0.05, 0) is 26.3 Å². The van der Waals surface area contributed by atoms with Crippen molar-refractivity contribution in [2.75, 3.05) is 0 Å². The molecule has 1 aromatic carbocycles. The Morgan fingerprint density at radius 3 is 2.53 bits per heavy atom. The molecule has 1 atom stereocenters. The van der Waals surface area contributed by atoms with Crippen LogP contribution >= 0.6 is 0 Å². The lowest BCUT2D eigenvalue weighted by Crippen LogP contribution is -2.09. The first-order valence-corrected chi connectivity index (χ1v) is 6.50. The van der Waals surface area contributed by atoms with Gasteiger partial charge >= 0.3 is 0 Å². The van der Waals surface area contributed by atoms with Crippen molar-refractivity contribution < 1.29 is 4.74 Å². The topological polar surface area (TPSA) is 48.1 Å². The molecule has 0 saturated carbocycles. The van der Waals surface area contributed by atoms with E-state index in [2.05, 4.69) is 17.1 Å². The number of nitrogens with zero attached hydrogens (tertiary/aromatic N) is 1. The van der Waals surface area contributed by atoms with Gasteiger partial charge in [-0.15, -0.1) is 0 Å². The SMILES string of the molecule is Cc1cc(OC(C)c2ccccc2)c(CN)c(C)n1. The van der Waals surface area contributed by atoms with E-state index < -0.39 is 0 Å². The predicted octanol–water partition coefficient (Wildman–Crippen LogP) is 3.30. The highest BCUT2D eigenvalue weighted by molar-refractivity contribution is 5.38. The van der Waals surface area contributed by atoms with Crippen molar-refractivity contribution in [3.05, 3.63) is 58.9 Å². The third kappa shape index (κ3) is 3.12. The third-order valence-corrected chi connectivity index (χ3v) is 3.20. The van der Waals surface area contributed by atoms with Crippen molar-refractivity contribution >= 4 is 0 Å². The summed E-state index contributed by atoms with van der Waals surface area (Å²) in [6, 6.07) is 12.1. The molecule has 2 aromatic rings. The van der Waals surface area contributed by atoms with Gasteiger partial charge in [-0.3, -0.25) is 4.98 Å². The summed E-state index contributed by atoms with van der Waals surface area (Å²) in [5, 5.41) is 0. The summed E-state index contributed by atoms with van der Waals surface area (Å²) < 4.78 is 6.06.